The molecule has 0 saturated heterocycles. The number of carbonyl (C=O) groups is 1. The van der Waals surface area contributed by atoms with Crippen LogP contribution >= 0.6 is 0 Å². The summed E-state index contributed by atoms with van der Waals surface area (Å²) in [5, 5.41) is 14.9. The summed E-state index contributed by atoms with van der Waals surface area (Å²) in [6, 6.07) is 13.4. The first-order valence-corrected chi connectivity index (χ1v) is 13.7. The van der Waals surface area contributed by atoms with E-state index in [-0.39, 0.29) is 41.1 Å². The van der Waals surface area contributed by atoms with Gasteiger partial charge in [0.05, 0.1) is 11.3 Å². The highest BCUT2D eigenvalue weighted by Gasteiger charge is 2.32. The molecule has 0 unspecified atom stereocenters. The number of carbonyl (C=O) groups excluding carboxylic acids is 1. The third kappa shape index (κ3) is 5.57. The molecule has 0 radical (unpaired) electrons. The SMILES string of the molecule is O=C1Cc2c(F)cccc2C(c2ccccc2)=N[C@@H]1Nc1nnc(-c2cn(CC(F)(F)F)nc2-c2cnc(C3CC3)nc2)o1. The molecule has 44 heavy (non-hydrogen) atoms. The highest BCUT2D eigenvalue weighted by atomic mass is 19.4. The molecule has 5 aromatic rings. The highest BCUT2D eigenvalue weighted by Crippen LogP contribution is 2.38. The molecule has 1 N–H and O–H groups in total. The number of anilines is 1. The Morgan fingerprint density at radius 1 is 0.955 bits per heavy atom. The lowest BCUT2D eigenvalue weighted by Gasteiger charge is -2.11. The number of fused-ring (bicyclic) bond motifs is 1. The number of rotatable bonds is 7. The molecule has 1 atom stereocenters. The molecule has 1 aliphatic heterocycles. The average molecular weight is 603 g/mol. The molecule has 0 amide bonds. The molecule has 4 heterocycles. The molecule has 2 aromatic carbocycles. The zero-order valence-corrected chi connectivity index (χ0v) is 22.8. The first kappa shape index (κ1) is 27.6. The second-order valence-corrected chi connectivity index (χ2v) is 10.5. The van der Waals surface area contributed by atoms with Gasteiger partial charge in [-0.05, 0) is 18.9 Å². The van der Waals surface area contributed by atoms with Gasteiger partial charge in [-0.15, -0.1) is 5.10 Å². The van der Waals surface area contributed by atoms with Gasteiger partial charge in [0.1, 0.15) is 23.9 Å². The number of hydrogen-bond donors (Lipinski definition) is 1. The Morgan fingerprint density at radius 3 is 2.45 bits per heavy atom. The van der Waals surface area contributed by atoms with Gasteiger partial charge in [0, 0.05) is 53.2 Å². The predicted octanol–water partition coefficient (Wildman–Crippen LogP) is 5.37. The van der Waals surface area contributed by atoms with Crippen molar-refractivity contribution in [2.45, 2.75) is 44.1 Å². The number of Topliss-reactive ketones (excluding diaryl/α,β-unsaturated/α-hetero) is 1. The second-order valence-electron chi connectivity index (χ2n) is 10.5. The minimum atomic E-state index is -4.53. The van der Waals surface area contributed by atoms with Crippen molar-refractivity contribution in [1.29, 1.82) is 0 Å². The number of halogens is 4. The Labute approximate surface area is 246 Å². The summed E-state index contributed by atoms with van der Waals surface area (Å²) in [6.07, 6.45) is 0.138. The average Bonchev–Trinajstić information content (AvgIpc) is 3.65. The summed E-state index contributed by atoms with van der Waals surface area (Å²) >= 11 is 0. The molecule has 0 bridgehead atoms. The van der Waals surface area contributed by atoms with E-state index in [1.165, 1.54) is 18.5 Å². The van der Waals surface area contributed by atoms with E-state index >= 15 is 0 Å². The van der Waals surface area contributed by atoms with Gasteiger partial charge in [-0.1, -0.05) is 47.6 Å². The number of aliphatic imine (C=N–C) groups is 1. The minimum absolute atomic E-state index is 0.118. The Morgan fingerprint density at radius 2 is 1.73 bits per heavy atom. The predicted molar refractivity (Wildman–Crippen MR) is 149 cm³/mol. The van der Waals surface area contributed by atoms with Crippen molar-refractivity contribution >= 4 is 17.5 Å². The van der Waals surface area contributed by atoms with Crippen molar-refractivity contribution in [3.63, 3.8) is 0 Å². The quantitative estimate of drug-likeness (QED) is 0.247. The normalized spacial score (nSPS) is 16.8. The fourth-order valence-electron chi connectivity index (χ4n) is 5.02. The maximum absolute atomic E-state index is 14.9. The second kappa shape index (κ2) is 10.8. The molecule has 1 aliphatic carbocycles. The lowest BCUT2D eigenvalue weighted by atomic mass is 9.95. The molecule has 1 saturated carbocycles. The van der Waals surface area contributed by atoms with E-state index in [9.17, 15) is 22.4 Å². The number of benzene rings is 2. The summed E-state index contributed by atoms with van der Waals surface area (Å²) in [7, 11) is 0. The van der Waals surface area contributed by atoms with Crippen LogP contribution in [0.25, 0.3) is 22.7 Å². The van der Waals surface area contributed by atoms with E-state index in [1.54, 1.807) is 36.4 Å². The van der Waals surface area contributed by atoms with Crippen molar-refractivity contribution in [3.05, 3.63) is 95.5 Å². The maximum atomic E-state index is 14.9. The van der Waals surface area contributed by atoms with E-state index in [2.05, 4.69) is 35.6 Å². The van der Waals surface area contributed by atoms with Crippen LogP contribution in [0.5, 0.6) is 0 Å². The van der Waals surface area contributed by atoms with Gasteiger partial charge in [0.15, 0.2) is 11.9 Å². The standard InChI is InChI=1S/C30H22F4N8O2/c31-22-8-4-7-19-20(22)11-23(43)27(37-24(19)16-5-2-1-3-6-16)38-29-40-39-28(44-29)21-14-42(15-30(32,33)34)41-25(21)18-12-35-26(36-13-18)17-9-10-17/h1-8,12-14,17,27H,9-11,15H2,(H,38,40)/t27-/m1/s1. The number of nitrogens with zero attached hydrogens (tertiary/aromatic N) is 7. The van der Waals surface area contributed by atoms with Crippen LogP contribution in [0, 0.1) is 5.82 Å². The minimum Gasteiger partial charge on any atom is -0.403 e. The van der Waals surface area contributed by atoms with Gasteiger partial charge >= 0.3 is 12.2 Å². The van der Waals surface area contributed by atoms with Gasteiger partial charge in [0.25, 0.3) is 5.89 Å². The van der Waals surface area contributed by atoms with Crippen LogP contribution in [-0.2, 0) is 17.8 Å². The number of hydrogen-bond acceptors (Lipinski definition) is 9. The molecule has 7 rings (SSSR count). The lowest BCUT2D eigenvalue weighted by molar-refractivity contribution is -0.142. The maximum Gasteiger partial charge on any atom is 0.408 e. The van der Waals surface area contributed by atoms with Gasteiger partial charge in [-0.3, -0.25) is 14.5 Å². The van der Waals surface area contributed by atoms with Crippen LogP contribution in [0.2, 0.25) is 0 Å². The van der Waals surface area contributed by atoms with Crippen molar-refractivity contribution in [2.24, 2.45) is 4.99 Å². The van der Waals surface area contributed by atoms with Crippen LogP contribution < -0.4 is 5.32 Å². The third-order valence-electron chi connectivity index (χ3n) is 7.24. The molecular weight excluding hydrogens is 580 g/mol. The lowest BCUT2D eigenvalue weighted by Crippen LogP contribution is -2.29. The molecular formula is C30H22F4N8O2. The highest BCUT2D eigenvalue weighted by molar-refractivity contribution is 6.16. The first-order chi connectivity index (χ1) is 21.2. The van der Waals surface area contributed by atoms with E-state index < -0.39 is 30.5 Å². The van der Waals surface area contributed by atoms with Gasteiger partial charge in [-0.25, -0.2) is 14.4 Å². The molecule has 222 valence electrons. The van der Waals surface area contributed by atoms with Crippen LogP contribution in [0.4, 0.5) is 23.6 Å². The number of alkyl halides is 3. The monoisotopic (exact) mass is 602 g/mol. The van der Waals surface area contributed by atoms with Crippen molar-refractivity contribution in [3.8, 4) is 22.7 Å². The summed E-state index contributed by atoms with van der Waals surface area (Å²) in [5.74, 6) is -0.173. The van der Waals surface area contributed by atoms with E-state index in [4.69, 9.17) is 4.42 Å². The number of ketones is 1. The zero-order valence-electron chi connectivity index (χ0n) is 22.8. The summed E-state index contributed by atoms with van der Waals surface area (Å²) in [6.45, 7) is -1.34. The van der Waals surface area contributed by atoms with Crippen LogP contribution in [0.1, 0.15) is 41.3 Å². The molecule has 14 heteroatoms. The Balaban J connectivity index is 1.22. The van der Waals surface area contributed by atoms with Crippen LogP contribution in [0.15, 0.2) is 76.5 Å². The van der Waals surface area contributed by atoms with Crippen LogP contribution in [-0.4, -0.2) is 53.8 Å². The third-order valence-corrected chi connectivity index (χ3v) is 7.24. The van der Waals surface area contributed by atoms with E-state index in [1.807, 2.05) is 6.07 Å². The van der Waals surface area contributed by atoms with Crippen LogP contribution in [0.3, 0.4) is 0 Å². The van der Waals surface area contributed by atoms with Gasteiger partial charge in [0.2, 0.25) is 0 Å². The number of aromatic nitrogens is 6. The van der Waals surface area contributed by atoms with E-state index in [0.717, 1.165) is 23.7 Å². The molecule has 0 spiro atoms. The molecule has 10 nitrogen and oxygen atoms in total. The fraction of sp³-hybridized carbons (Fsp3) is 0.233. The molecule has 2 aliphatic rings. The van der Waals surface area contributed by atoms with E-state index in [0.29, 0.717) is 28.2 Å². The van der Waals surface area contributed by atoms with Gasteiger partial charge in [-0.2, -0.15) is 18.3 Å². The summed E-state index contributed by atoms with van der Waals surface area (Å²) in [4.78, 5) is 26.6. The topological polar surface area (TPSA) is 124 Å². The van der Waals surface area contributed by atoms with Crippen molar-refractivity contribution < 1.29 is 26.8 Å². The molecule has 3 aromatic heterocycles. The molecule has 1 fully saturated rings. The number of nitrogens with one attached hydrogen (secondary N) is 1. The van der Waals surface area contributed by atoms with Crippen molar-refractivity contribution in [2.75, 3.05) is 5.32 Å². The van der Waals surface area contributed by atoms with Gasteiger partial charge < -0.3 is 9.73 Å². The smallest absolute Gasteiger partial charge is 0.403 e. The first-order valence-electron chi connectivity index (χ1n) is 13.7. The van der Waals surface area contributed by atoms with Crippen molar-refractivity contribution in [1.82, 2.24) is 29.9 Å². The summed E-state index contributed by atoms with van der Waals surface area (Å²) in [5.41, 5.74) is 2.37. The summed E-state index contributed by atoms with van der Waals surface area (Å²) < 4.78 is 61.1. The fourth-order valence-corrected chi connectivity index (χ4v) is 5.02. The zero-order chi connectivity index (χ0) is 30.4. The Bertz CT molecular complexity index is 1880. The Hall–Kier alpha value is -5.27. The largest absolute Gasteiger partial charge is 0.408 e. The Kier molecular flexibility index (Phi) is 6.75.